The number of aromatic amines is 1. The molecule has 2 aromatic rings. The molecule has 3 N–H and O–H groups in total. The van der Waals surface area contributed by atoms with Gasteiger partial charge in [0.1, 0.15) is 0 Å². The van der Waals surface area contributed by atoms with E-state index in [2.05, 4.69) is 20.8 Å². The highest BCUT2D eigenvalue weighted by Gasteiger charge is 2.18. The van der Waals surface area contributed by atoms with Crippen LogP contribution in [0.3, 0.4) is 0 Å². The van der Waals surface area contributed by atoms with Crippen LogP contribution in [0.2, 0.25) is 0 Å². The summed E-state index contributed by atoms with van der Waals surface area (Å²) in [6.45, 7) is 2.73. The van der Waals surface area contributed by atoms with Gasteiger partial charge in [-0.2, -0.15) is 5.10 Å². The van der Waals surface area contributed by atoms with E-state index in [0.717, 1.165) is 30.5 Å². The number of benzene rings is 1. The fourth-order valence-electron chi connectivity index (χ4n) is 1.99. The number of H-pyrrole nitrogens is 1. The Hall–Kier alpha value is -1.88. The quantitative estimate of drug-likeness (QED) is 0.719. The second-order valence-corrected chi connectivity index (χ2v) is 4.37. The molecule has 0 aliphatic carbocycles. The lowest BCUT2D eigenvalue weighted by atomic mass is 10.0. The van der Waals surface area contributed by atoms with Crippen molar-refractivity contribution < 1.29 is 4.79 Å². The van der Waals surface area contributed by atoms with Crippen molar-refractivity contribution in [3.63, 3.8) is 0 Å². The summed E-state index contributed by atoms with van der Waals surface area (Å²) in [4.78, 5) is 12.0. The zero-order valence-corrected chi connectivity index (χ0v) is 9.36. The Morgan fingerprint density at radius 3 is 3.12 bits per heavy atom. The fraction of sp³-hybridized carbons (Fsp3) is 0.333. The monoisotopic (exact) mass is 230 g/mol. The zero-order valence-electron chi connectivity index (χ0n) is 9.36. The minimum atomic E-state index is -0.0242. The SMILES string of the molecule is O=C(NCC1CNC1)c1cccc2[nH]ncc12. The summed E-state index contributed by atoms with van der Waals surface area (Å²) in [5, 5.41) is 13.8. The second kappa shape index (κ2) is 4.18. The molecule has 1 aliphatic rings. The highest BCUT2D eigenvalue weighted by molar-refractivity contribution is 6.05. The van der Waals surface area contributed by atoms with Crippen LogP contribution in [0.15, 0.2) is 24.4 Å². The predicted molar refractivity (Wildman–Crippen MR) is 64.8 cm³/mol. The van der Waals surface area contributed by atoms with Crippen LogP contribution in [0.4, 0.5) is 0 Å². The number of aromatic nitrogens is 2. The molecule has 0 spiro atoms. The van der Waals surface area contributed by atoms with Gasteiger partial charge in [0.05, 0.1) is 17.3 Å². The maximum absolute atomic E-state index is 12.0. The molecule has 0 bridgehead atoms. The number of hydrogen-bond acceptors (Lipinski definition) is 3. The number of nitrogens with one attached hydrogen (secondary N) is 3. The first kappa shape index (κ1) is 10.3. The molecular formula is C12H14N4O. The Labute approximate surface area is 98.6 Å². The molecular weight excluding hydrogens is 216 g/mol. The molecule has 0 unspecified atom stereocenters. The molecule has 1 saturated heterocycles. The molecule has 1 fully saturated rings. The minimum absolute atomic E-state index is 0.0242. The van der Waals surface area contributed by atoms with Gasteiger partial charge < -0.3 is 10.6 Å². The first-order valence-electron chi connectivity index (χ1n) is 5.75. The standard InChI is InChI=1S/C12H14N4O/c17-12(14-6-8-4-13-5-8)9-2-1-3-11-10(9)7-15-16-11/h1-3,7-8,13H,4-6H2,(H,14,17)(H,15,16). The van der Waals surface area contributed by atoms with Gasteiger partial charge in [0.15, 0.2) is 0 Å². The van der Waals surface area contributed by atoms with Crippen LogP contribution >= 0.6 is 0 Å². The average Bonchev–Trinajstić information content (AvgIpc) is 2.74. The molecule has 0 radical (unpaired) electrons. The number of fused-ring (bicyclic) bond motifs is 1. The van der Waals surface area contributed by atoms with E-state index in [1.807, 2.05) is 18.2 Å². The average molecular weight is 230 g/mol. The Bertz CT molecular complexity index is 544. The van der Waals surface area contributed by atoms with E-state index >= 15 is 0 Å². The van der Waals surface area contributed by atoms with Crippen molar-refractivity contribution in [3.8, 4) is 0 Å². The van der Waals surface area contributed by atoms with Crippen molar-refractivity contribution in [2.24, 2.45) is 5.92 Å². The summed E-state index contributed by atoms with van der Waals surface area (Å²) in [7, 11) is 0. The molecule has 2 heterocycles. The third kappa shape index (κ3) is 1.89. The van der Waals surface area contributed by atoms with Gasteiger partial charge in [-0.05, 0) is 12.1 Å². The molecule has 1 aromatic heterocycles. The normalized spacial score (nSPS) is 15.8. The van der Waals surface area contributed by atoms with Crippen LogP contribution in [0.5, 0.6) is 0 Å². The number of nitrogens with zero attached hydrogens (tertiary/aromatic N) is 1. The Balaban J connectivity index is 1.77. The van der Waals surface area contributed by atoms with Gasteiger partial charge >= 0.3 is 0 Å². The van der Waals surface area contributed by atoms with E-state index in [1.165, 1.54) is 0 Å². The summed E-state index contributed by atoms with van der Waals surface area (Å²) < 4.78 is 0. The maximum atomic E-state index is 12.0. The summed E-state index contributed by atoms with van der Waals surface area (Å²) in [5.74, 6) is 0.548. The van der Waals surface area contributed by atoms with Gasteiger partial charge in [-0.15, -0.1) is 0 Å². The van der Waals surface area contributed by atoms with Crippen LogP contribution in [0.25, 0.3) is 10.9 Å². The van der Waals surface area contributed by atoms with Crippen LogP contribution in [0.1, 0.15) is 10.4 Å². The van der Waals surface area contributed by atoms with Gasteiger partial charge in [0.2, 0.25) is 0 Å². The summed E-state index contributed by atoms with van der Waals surface area (Å²) in [5.41, 5.74) is 1.58. The highest BCUT2D eigenvalue weighted by atomic mass is 16.1. The van der Waals surface area contributed by atoms with Crippen LogP contribution in [-0.4, -0.2) is 35.7 Å². The van der Waals surface area contributed by atoms with Crippen molar-refractivity contribution in [3.05, 3.63) is 30.0 Å². The van der Waals surface area contributed by atoms with E-state index in [1.54, 1.807) is 6.20 Å². The van der Waals surface area contributed by atoms with Crippen LogP contribution in [0, 0.1) is 5.92 Å². The minimum Gasteiger partial charge on any atom is -0.352 e. The number of rotatable bonds is 3. The molecule has 0 atom stereocenters. The van der Waals surface area contributed by atoms with Crippen molar-refractivity contribution in [2.45, 2.75) is 0 Å². The molecule has 5 nitrogen and oxygen atoms in total. The Morgan fingerprint density at radius 1 is 1.47 bits per heavy atom. The van der Waals surface area contributed by atoms with E-state index in [9.17, 15) is 4.79 Å². The van der Waals surface area contributed by atoms with Crippen molar-refractivity contribution in [2.75, 3.05) is 19.6 Å². The lowest BCUT2D eigenvalue weighted by molar-refractivity contribution is 0.0944. The summed E-state index contributed by atoms with van der Waals surface area (Å²) >= 11 is 0. The summed E-state index contributed by atoms with van der Waals surface area (Å²) in [6, 6.07) is 5.60. The topological polar surface area (TPSA) is 69.8 Å². The largest absolute Gasteiger partial charge is 0.352 e. The number of carbonyl (C=O) groups is 1. The molecule has 3 rings (SSSR count). The first-order chi connectivity index (χ1) is 8.34. The van der Waals surface area contributed by atoms with E-state index in [4.69, 9.17) is 0 Å². The molecule has 0 saturated carbocycles. The Morgan fingerprint density at radius 2 is 2.35 bits per heavy atom. The number of carbonyl (C=O) groups excluding carboxylic acids is 1. The maximum Gasteiger partial charge on any atom is 0.252 e. The van der Waals surface area contributed by atoms with Gasteiger partial charge in [-0.25, -0.2) is 0 Å². The third-order valence-electron chi connectivity index (χ3n) is 3.15. The zero-order chi connectivity index (χ0) is 11.7. The van der Waals surface area contributed by atoms with Gasteiger partial charge in [-0.3, -0.25) is 9.89 Å². The van der Waals surface area contributed by atoms with E-state index in [0.29, 0.717) is 11.5 Å². The van der Waals surface area contributed by atoms with E-state index < -0.39 is 0 Å². The molecule has 1 aliphatic heterocycles. The molecule has 17 heavy (non-hydrogen) atoms. The van der Waals surface area contributed by atoms with Crippen molar-refractivity contribution >= 4 is 16.8 Å². The van der Waals surface area contributed by atoms with E-state index in [-0.39, 0.29) is 5.91 Å². The fourth-order valence-corrected chi connectivity index (χ4v) is 1.99. The van der Waals surface area contributed by atoms with Crippen molar-refractivity contribution in [1.29, 1.82) is 0 Å². The lowest BCUT2D eigenvalue weighted by Gasteiger charge is -2.27. The number of amides is 1. The second-order valence-electron chi connectivity index (χ2n) is 4.37. The molecule has 88 valence electrons. The summed E-state index contributed by atoms with van der Waals surface area (Å²) in [6.07, 6.45) is 1.69. The number of hydrogen-bond donors (Lipinski definition) is 3. The van der Waals surface area contributed by atoms with Gasteiger partial charge in [0, 0.05) is 30.9 Å². The smallest absolute Gasteiger partial charge is 0.252 e. The van der Waals surface area contributed by atoms with Gasteiger partial charge in [-0.1, -0.05) is 6.07 Å². The predicted octanol–water partition coefficient (Wildman–Crippen LogP) is 0.512. The highest BCUT2D eigenvalue weighted by Crippen LogP contribution is 2.15. The van der Waals surface area contributed by atoms with Crippen LogP contribution in [-0.2, 0) is 0 Å². The van der Waals surface area contributed by atoms with Gasteiger partial charge in [0.25, 0.3) is 5.91 Å². The van der Waals surface area contributed by atoms with Crippen LogP contribution < -0.4 is 10.6 Å². The lowest BCUT2D eigenvalue weighted by Crippen LogP contribution is -2.48. The Kier molecular flexibility index (Phi) is 2.53. The van der Waals surface area contributed by atoms with Crippen molar-refractivity contribution in [1.82, 2.24) is 20.8 Å². The molecule has 5 heteroatoms. The molecule has 1 amide bonds. The first-order valence-corrected chi connectivity index (χ1v) is 5.75. The molecule has 1 aromatic carbocycles. The third-order valence-corrected chi connectivity index (χ3v) is 3.15.